The van der Waals surface area contributed by atoms with Crippen molar-refractivity contribution in [3.63, 3.8) is 0 Å². The number of hydrogen-bond acceptors (Lipinski definition) is 4. The first-order chi connectivity index (χ1) is 13.0. The van der Waals surface area contributed by atoms with Crippen molar-refractivity contribution in [3.05, 3.63) is 47.3 Å². The Balaban J connectivity index is 1.54. The molecule has 0 spiro atoms. The average molecular weight is 366 g/mol. The summed E-state index contributed by atoms with van der Waals surface area (Å²) in [5, 5.41) is 14.4. The summed E-state index contributed by atoms with van der Waals surface area (Å²) in [7, 11) is 1.84. The predicted molar refractivity (Wildman–Crippen MR) is 102 cm³/mol. The van der Waals surface area contributed by atoms with E-state index < -0.39 is 0 Å². The van der Waals surface area contributed by atoms with Gasteiger partial charge in [-0.25, -0.2) is 0 Å². The van der Waals surface area contributed by atoms with E-state index in [0.29, 0.717) is 29.9 Å². The summed E-state index contributed by atoms with van der Waals surface area (Å²) in [5.74, 6) is 1.20. The van der Waals surface area contributed by atoms with E-state index in [9.17, 15) is 9.90 Å². The molecule has 4 aliphatic rings. The number of aryl methyl sites for hydroxylation is 2. The highest BCUT2D eigenvalue weighted by Crippen LogP contribution is 2.47. The van der Waals surface area contributed by atoms with Crippen LogP contribution in [-0.2, 0) is 7.05 Å². The third-order valence-electron chi connectivity index (χ3n) is 6.77. The van der Waals surface area contributed by atoms with Gasteiger partial charge >= 0.3 is 0 Å². The van der Waals surface area contributed by atoms with Crippen molar-refractivity contribution in [1.82, 2.24) is 19.6 Å². The van der Waals surface area contributed by atoms with Crippen LogP contribution in [0.15, 0.2) is 30.3 Å². The van der Waals surface area contributed by atoms with Gasteiger partial charge in [-0.3, -0.25) is 14.4 Å². The van der Waals surface area contributed by atoms with Gasteiger partial charge in [-0.2, -0.15) is 5.10 Å². The monoisotopic (exact) mass is 366 g/mol. The van der Waals surface area contributed by atoms with Gasteiger partial charge in [0.05, 0.1) is 11.7 Å². The second kappa shape index (κ2) is 6.09. The van der Waals surface area contributed by atoms with Crippen LogP contribution in [0.5, 0.6) is 5.75 Å². The first-order valence-corrected chi connectivity index (χ1v) is 9.87. The summed E-state index contributed by atoms with van der Waals surface area (Å²) in [6, 6.07) is 10.1. The molecular weight excluding hydrogens is 340 g/mol. The molecule has 4 fully saturated rings. The SMILES string of the molecule is Cc1cc(C(=O)N2C[C@@H](c3cccc(O)c3)[C@@H]3[C@H]2C2CCN3CC2)n(C)n1. The van der Waals surface area contributed by atoms with Gasteiger partial charge in [0.25, 0.3) is 5.91 Å². The van der Waals surface area contributed by atoms with Crippen molar-refractivity contribution >= 4 is 5.91 Å². The molecule has 3 atom stereocenters. The van der Waals surface area contributed by atoms with Crippen LogP contribution in [0.1, 0.15) is 40.5 Å². The fourth-order valence-electron chi connectivity index (χ4n) is 5.66. The van der Waals surface area contributed by atoms with Gasteiger partial charge in [0.2, 0.25) is 0 Å². The molecule has 0 saturated carbocycles. The van der Waals surface area contributed by atoms with E-state index in [-0.39, 0.29) is 17.9 Å². The first kappa shape index (κ1) is 16.8. The molecule has 2 bridgehead atoms. The van der Waals surface area contributed by atoms with E-state index in [4.69, 9.17) is 0 Å². The lowest BCUT2D eigenvalue weighted by molar-refractivity contribution is -0.00373. The number of benzene rings is 1. The van der Waals surface area contributed by atoms with Crippen molar-refractivity contribution in [1.29, 1.82) is 0 Å². The Bertz CT molecular complexity index is 884. The number of piperidine rings is 3. The Morgan fingerprint density at radius 2 is 1.96 bits per heavy atom. The first-order valence-electron chi connectivity index (χ1n) is 9.87. The van der Waals surface area contributed by atoms with Crippen molar-refractivity contribution in [2.75, 3.05) is 19.6 Å². The minimum Gasteiger partial charge on any atom is -0.508 e. The van der Waals surface area contributed by atoms with Gasteiger partial charge in [-0.1, -0.05) is 12.1 Å². The summed E-state index contributed by atoms with van der Waals surface area (Å²) < 4.78 is 1.70. The van der Waals surface area contributed by atoms with Gasteiger partial charge in [-0.15, -0.1) is 0 Å². The van der Waals surface area contributed by atoms with E-state index >= 15 is 0 Å². The van der Waals surface area contributed by atoms with Crippen LogP contribution in [0.4, 0.5) is 0 Å². The lowest BCUT2D eigenvalue weighted by Gasteiger charge is -2.51. The van der Waals surface area contributed by atoms with Crippen LogP contribution >= 0.6 is 0 Å². The molecule has 5 heterocycles. The predicted octanol–water partition coefficient (Wildman–Crippen LogP) is 2.14. The maximum absolute atomic E-state index is 13.5. The lowest BCUT2D eigenvalue weighted by atomic mass is 9.75. The molecule has 0 aliphatic carbocycles. The number of likely N-dealkylation sites (tertiary alicyclic amines) is 1. The second-order valence-corrected chi connectivity index (χ2v) is 8.31. The van der Waals surface area contributed by atoms with Crippen molar-refractivity contribution in [2.45, 2.75) is 37.8 Å². The molecule has 0 radical (unpaired) electrons. The smallest absolute Gasteiger partial charge is 0.272 e. The molecule has 1 aromatic carbocycles. The normalized spacial score (nSPS) is 31.9. The Morgan fingerprint density at radius 1 is 1.19 bits per heavy atom. The number of fused-ring (bicyclic) bond motifs is 2. The van der Waals surface area contributed by atoms with Gasteiger partial charge in [-0.05, 0) is 62.5 Å². The Morgan fingerprint density at radius 3 is 2.63 bits per heavy atom. The molecule has 4 saturated heterocycles. The minimum atomic E-state index is 0.0875. The van der Waals surface area contributed by atoms with Crippen LogP contribution < -0.4 is 0 Å². The molecular formula is C21H26N4O2. The summed E-state index contributed by atoms with van der Waals surface area (Å²) in [6.07, 6.45) is 2.34. The van der Waals surface area contributed by atoms with E-state index in [2.05, 4.69) is 21.0 Å². The molecule has 1 aromatic heterocycles. The number of hydrogen-bond donors (Lipinski definition) is 1. The lowest BCUT2D eigenvalue weighted by Crippen LogP contribution is -2.60. The Hall–Kier alpha value is -2.34. The topological polar surface area (TPSA) is 61.6 Å². The van der Waals surface area contributed by atoms with Crippen LogP contribution in [0.3, 0.4) is 0 Å². The molecule has 1 amide bonds. The standard InChI is InChI=1S/C21H26N4O2/c1-13-10-18(23(2)22-13)21(27)25-12-17(15-4-3-5-16(26)11-15)20-19(25)14-6-8-24(20)9-7-14/h3-5,10-11,14,17,19-20,26H,6-9,12H2,1-2H3/t17-,19+,20+/m0/s1. The third-order valence-corrected chi connectivity index (χ3v) is 6.77. The Labute approximate surface area is 159 Å². The molecule has 2 aromatic rings. The zero-order chi connectivity index (χ0) is 18.7. The largest absolute Gasteiger partial charge is 0.508 e. The summed E-state index contributed by atoms with van der Waals surface area (Å²) in [6.45, 7) is 4.87. The van der Waals surface area contributed by atoms with E-state index in [0.717, 1.165) is 24.3 Å². The number of nitrogens with zero attached hydrogens (tertiary/aromatic N) is 4. The summed E-state index contributed by atoms with van der Waals surface area (Å²) in [5.41, 5.74) is 2.67. The van der Waals surface area contributed by atoms with Crippen LogP contribution in [0, 0.1) is 12.8 Å². The van der Waals surface area contributed by atoms with Gasteiger partial charge < -0.3 is 10.0 Å². The number of amides is 1. The van der Waals surface area contributed by atoms with E-state index in [1.54, 1.807) is 10.7 Å². The highest BCUT2D eigenvalue weighted by molar-refractivity contribution is 5.93. The van der Waals surface area contributed by atoms with Crippen molar-refractivity contribution < 1.29 is 9.90 Å². The van der Waals surface area contributed by atoms with E-state index in [1.807, 2.05) is 32.2 Å². The third kappa shape index (κ3) is 2.57. The second-order valence-electron chi connectivity index (χ2n) is 8.31. The van der Waals surface area contributed by atoms with Crippen LogP contribution in [-0.4, -0.2) is 62.3 Å². The van der Waals surface area contributed by atoms with Gasteiger partial charge in [0.1, 0.15) is 11.4 Å². The number of aromatic hydroxyl groups is 1. The molecule has 4 aliphatic heterocycles. The number of rotatable bonds is 2. The van der Waals surface area contributed by atoms with Gasteiger partial charge in [0.15, 0.2) is 0 Å². The summed E-state index contributed by atoms with van der Waals surface area (Å²) in [4.78, 5) is 18.1. The molecule has 6 heteroatoms. The van der Waals surface area contributed by atoms with Crippen LogP contribution in [0.2, 0.25) is 0 Å². The molecule has 6 nitrogen and oxygen atoms in total. The highest BCUT2D eigenvalue weighted by atomic mass is 16.3. The maximum Gasteiger partial charge on any atom is 0.272 e. The zero-order valence-electron chi connectivity index (χ0n) is 15.9. The fourth-order valence-corrected chi connectivity index (χ4v) is 5.66. The summed E-state index contributed by atoms with van der Waals surface area (Å²) >= 11 is 0. The molecule has 0 unspecified atom stereocenters. The molecule has 1 N–H and O–H groups in total. The van der Waals surface area contributed by atoms with E-state index in [1.165, 1.54) is 12.8 Å². The van der Waals surface area contributed by atoms with Crippen molar-refractivity contribution in [3.8, 4) is 5.75 Å². The number of aromatic nitrogens is 2. The van der Waals surface area contributed by atoms with Crippen LogP contribution in [0.25, 0.3) is 0 Å². The number of carbonyl (C=O) groups excluding carboxylic acids is 1. The average Bonchev–Trinajstić information content (AvgIpc) is 3.24. The quantitative estimate of drug-likeness (QED) is 0.885. The highest BCUT2D eigenvalue weighted by Gasteiger charge is 2.54. The van der Waals surface area contributed by atoms with Crippen molar-refractivity contribution in [2.24, 2.45) is 13.0 Å². The molecule has 6 rings (SSSR count). The molecule has 142 valence electrons. The Kier molecular flexibility index (Phi) is 3.79. The number of phenols is 1. The maximum atomic E-state index is 13.5. The number of carbonyl (C=O) groups is 1. The number of phenolic OH excluding ortho intramolecular Hbond substituents is 1. The fraction of sp³-hybridized carbons (Fsp3) is 0.524. The van der Waals surface area contributed by atoms with Gasteiger partial charge in [0, 0.05) is 25.6 Å². The minimum absolute atomic E-state index is 0.0875. The molecule has 27 heavy (non-hydrogen) atoms. The zero-order valence-corrected chi connectivity index (χ0v) is 15.9.